The van der Waals surface area contributed by atoms with Crippen LogP contribution in [0.25, 0.3) is 11.3 Å². The Morgan fingerprint density at radius 3 is 2.38 bits per heavy atom. The van der Waals surface area contributed by atoms with Gasteiger partial charge < -0.3 is 14.0 Å². The van der Waals surface area contributed by atoms with Gasteiger partial charge in [0.1, 0.15) is 0 Å². The number of hydrogen-bond acceptors (Lipinski definition) is 6. The SMILES string of the molecule is Br.O=S(=O)(c1ccc(-c2csc(=Nc3ccccc3)n2Cc2ccc3c(c2)OCO3)cc1)N1CCCC1. The second-order valence-corrected chi connectivity index (χ2v) is 11.5. The first-order valence-corrected chi connectivity index (χ1v) is 14.2. The molecule has 3 heterocycles. The Hall–Kier alpha value is -2.92. The second kappa shape index (κ2) is 10.8. The first-order valence-electron chi connectivity index (χ1n) is 11.9. The molecule has 0 atom stereocenters. The largest absolute Gasteiger partial charge is 0.454 e. The van der Waals surface area contributed by atoms with E-state index in [4.69, 9.17) is 14.5 Å². The first kappa shape index (κ1) is 25.7. The van der Waals surface area contributed by atoms with Crippen molar-refractivity contribution in [3.8, 4) is 22.8 Å². The number of hydrogen-bond donors (Lipinski definition) is 0. The van der Waals surface area contributed by atoms with Crippen molar-refractivity contribution in [2.45, 2.75) is 24.3 Å². The summed E-state index contributed by atoms with van der Waals surface area (Å²) >= 11 is 1.55. The quantitative estimate of drug-likeness (QED) is 0.290. The molecular weight excluding hydrogens is 574 g/mol. The Kier molecular flexibility index (Phi) is 7.52. The number of rotatable bonds is 6. The maximum Gasteiger partial charge on any atom is 0.243 e. The molecule has 0 saturated carbocycles. The minimum absolute atomic E-state index is 0. The highest BCUT2D eigenvalue weighted by atomic mass is 79.9. The van der Waals surface area contributed by atoms with Gasteiger partial charge in [-0.1, -0.05) is 36.4 Å². The van der Waals surface area contributed by atoms with Gasteiger partial charge >= 0.3 is 0 Å². The van der Waals surface area contributed by atoms with Crippen LogP contribution in [0.4, 0.5) is 5.69 Å². The fraction of sp³-hybridized carbons (Fsp3) is 0.222. The number of sulfonamides is 1. The molecule has 0 bridgehead atoms. The molecular formula is C27H26BrN3O4S2. The van der Waals surface area contributed by atoms with E-state index < -0.39 is 10.0 Å². The zero-order chi connectivity index (χ0) is 24.5. The summed E-state index contributed by atoms with van der Waals surface area (Å²) in [7, 11) is -3.45. The zero-order valence-corrected chi connectivity index (χ0v) is 23.3. The summed E-state index contributed by atoms with van der Waals surface area (Å²) in [5.74, 6) is 1.49. The van der Waals surface area contributed by atoms with Crippen LogP contribution in [-0.2, 0) is 16.6 Å². The van der Waals surface area contributed by atoms with E-state index in [9.17, 15) is 8.42 Å². The molecule has 10 heteroatoms. The number of aromatic nitrogens is 1. The third-order valence-corrected chi connectivity index (χ3v) is 9.19. The van der Waals surface area contributed by atoms with Crippen LogP contribution in [0.3, 0.4) is 0 Å². The average molecular weight is 601 g/mol. The minimum Gasteiger partial charge on any atom is -0.454 e. The van der Waals surface area contributed by atoms with Gasteiger partial charge in [0.05, 0.1) is 22.8 Å². The molecule has 2 aliphatic rings. The molecule has 0 amide bonds. The highest BCUT2D eigenvalue weighted by Gasteiger charge is 2.27. The Labute approximate surface area is 230 Å². The lowest BCUT2D eigenvalue weighted by molar-refractivity contribution is 0.174. The van der Waals surface area contributed by atoms with Gasteiger partial charge in [0.25, 0.3) is 0 Å². The molecule has 1 fully saturated rings. The number of fused-ring (bicyclic) bond motifs is 1. The van der Waals surface area contributed by atoms with Gasteiger partial charge in [0.15, 0.2) is 16.3 Å². The van der Waals surface area contributed by atoms with Gasteiger partial charge in [-0.3, -0.25) is 0 Å². The van der Waals surface area contributed by atoms with E-state index >= 15 is 0 Å². The molecule has 0 unspecified atom stereocenters. The van der Waals surface area contributed by atoms with E-state index in [0.29, 0.717) is 24.5 Å². The number of nitrogens with zero attached hydrogens (tertiary/aromatic N) is 3. The molecule has 0 aliphatic carbocycles. The van der Waals surface area contributed by atoms with Crippen LogP contribution in [0.15, 0.2) is 88.1 Å². The summed E-state index contributed by atoms with van der Waals surface area (Å²) < 4.78 is 40.7. The third kappa shape index (κ3) is 5.24. The Morgan fingerprint density at radius 2 is 1.62 bits per heavy atom. The molecule has 0 N–H and O–H groups in total. The molecule has 1 saturated heterocycles. The Balaban J connectivity index is 0.00000280. The lowest BCUT2D eigenvalue weighted by Gasteiger charge is -2.16. The number of thiazole rings is 1. The van der Waals surface area contributed by atoms with E-state index in [1.807, 2.05) is 60.7 Å². The van der Waals surface area contributed by atoms with E-state index in [-0.39, 0.29) is 23.8 Å². The number of ether oxygens (including phenoxy) is 2. The van der Waals surface area contributed by atoms with E-state index in [2.05, 4.69) is 9.95 Å². The van der Waals surface area contributed by atoms with Gasteiger partial charge in [-0.2, -0.15) is 4.31 Å². The molecule has 1 aromatic heterocycles. The molecule has 192 valence electrons. The van der Waals surface area contributed by atoms with Gasteiger partial charge in [-0.15, -0.1) is 28.3 Å². The summed E-state index contributed by atoms with van der Waals surface area (Å²) in [6.45, 7) is 1.99. The molecule has 0 spiro atoms. The van der Waals surface area contributed by atoms with Gasteiger partial charge in [0.2, 0.25) is 16.8 Å². The predicted molar refractivity (Wildman–Crippen MR) is 149 cm³/mol. The van der Waals surface area contributed by atoms with Crippen LogP contribution in [0, 0.1) is 0 Å². The van der Waals surface area contributed by atoms with Crippen LogP contribution in [0.5, 0.6) is 11.5 Å². The molecule has 3 aromatic carbocycles. The molecule has 2 aliphatic heterocycles. The van der Waals surface area contributed by atoms with Crippen molar-refractivity contribution in [3.05, 3.63) is 88.5 Å². The second-order valence-electron chi connectivity index (χ2n) is 8.76. The summed E-state index contributed by atoms with van der Waals surface area (Å²) in [4.78, 5) is 6.07. The molecule has 4 aromatic rings. The van der Waals surface area contributed by atoms with Crippen molar-refractivity contribution in [3.63, 3.8) is 0 Å². The van der Waals surface area contributed by atoms with Crippen LogP contribution in [-0.4, -0.2) is 37.2 Å². The van der Waals surface area contributed by atoms with E-state index in [0.717, 1.165) is 51.7 Å². The molecule has 0 radical (unpaired) electrons. The van der Waals surface area contributed by atoms with Crippen molar-refractivity contribution in [1.29, 1.82) is 0 Å². The highest BCUT2D eigenvalue weighted by molar-refractivity contribution is 8.93. The molecule has 7 nitrogen and oxygen atoms in total. The normalized spacial score (nSPS) is 15.6. The van der Waals surface area contributed by atoms with Crippen molar-refractivity contribution in [1.82, 2.24) is 8.87 Å². The van der Waals surface area contributed by atoms with Crippen LogP contribution in [0.1, 0.15) is 18.4 Å². The monoisotopic (exact) mass is 599 g/mol. The van der Waals surface area contributed by atoms with E-state index in [1.54, 1.807) is 27.8 Å². The third-order valence-electron chi connectivity index (χ3n) is 6.41. The van der Waals surface area contributed by atoms with Crippen LogP contribution < -0.4 is 14.3 Å². The molecule has 37 heavy (non-hydrogen) atoms. The minimum atomic E-state index is -3.45. The smallest absolute Gasteiger partial charge is 0.243 e. The fourth-order valence-corrected chi connectivity index (χ4v) is 6.96. The van der Waals surface area contributed by atoms with Crippen molar-refractivity contribution in [2.24, 2.45) is 4.99 Å². The zero-order valence-electron chi connectivity index (χ0n) is 19.9. The van der Waals surface area contributed by atoms with Crippen LogP contribution >= 0.6 is 28.3 Å². The summed E-state index contributed by atoms with van der Waals surface area (Å²) in [6.07, 6.45) is 1.83. The van der Waals surface area contributed by atoms with Crippen molar-refractivity contribution in [2.75, 3.05) is 19.9 Å². The standard InChI is InChI=1S/C27H25N3O4S2.BrH/c31-36(32,29-14-4-5-15-29)23-11-9-21(10-12-23)24-18-35-27(28-22-6-2-1-3-7-22)30(24)17-20-8-13-25-26(16-20)34-19-33-25;/h1-3,6-13,16,18H,4-5,14-15,17,19H2;1H. The first-order chi connectivity index (χ1) is 17.6. The van der Waals surface area contributed by atoms with Crippen LogP contribution in [0.2, 0.25) is 0 Å². The topological polar surface area (TPSA) is 73.1 Å². The van der Waals surface area contributed by atoms with Gasteiger partial charge in [-0.05, 0) is 60.4 Å². The Morgan fingerprint density at radius 1 is 0.892 bits per heavy atom. The molecule has 6 rings (SSSR count). The van der Waals surface area contributed by atoms with Crippen molar-refractivity contribution >= 4 is 44.0 Å². The predicted octanol–water partition coefficient (Wildman–Crippen LogP) is 5.59. The van der Waals surface area contributed by atoms with Crippen molar-refractivity contribution < 1.29 is 17.9 Å². The number of halogens is 1. The highest BCUT2D eigenvalue weighted by Crippen LogP contribution is 2.33. The summed E-state index contributed by atoms with van der Waals surface area (Å²) in [5, 5.41) is 2.07. The number of benzene rings is 3. The lowest BCUT2D eigenvalue weighted by Crippen LogP contribution is -2.27. The fourth-order valence-electron chi connectivity index (χ4n) is 4.51. The van der Waals surface area contributed by atoms with E-state index in [1.165, 1.54) is 0 Å². The maximum atomic E-state index is 13.0. The van der Waals surface area contributed by atoms with Gasteiger partial charge in [0, 0.05) is 18.5 Å². The Bertz CT molecular complexity index is 1560. The average Bonchev–Trinajstić information content (AvgIpc) is 3.67. The van der Waals surface area contributed by atoms with Gasteiger partial charge in [-0.25, -0.2) is 13.4 Å². The maximum absolute atomic E-state index is 13.0. The lowest BCUT2D eigenvalue weighted by atomic mass is 10.1. The number of para-hydroxylation sites is 1. The summed E-state index contributed by atoms with van der Waals surface area (Å²) in [5.41, 5.74) is 3.83. The summed E-state index contributed by atoms with van der Waals surface area (Å²) in [6, 6.07) is 23.0.